The summed E-state index contributed by atoms with van der Waals surface area (Å²) in [5.74, 6) is -2.83. The average molecular weight is 625 g/mol. The van der Waals surface area contributed by atoms with E-state index in [1.807, 2.05) is 0 Å². The summed E-state index contributed by atoms with van der Waals surface area (Å²) in [4.78, 5) is 50.6. The van der Waals surface area contributed by atoms with Crippen LogP contribution in [0.3, 0.4) is 0 Å². The number of amidine groups is 2. The lowest BCUT2D eigenvalue weighted by Crippen LogP contribution is -2.50. The van der Waals surface area contributed by atoms with Gasteiger partial charge < -0.3 is 30.4 Å². The van der Waals surface area contributed by atoms with E-state index in [0.29, 0.717) is 22.3 Å². The van der Waals surface area contributed by atoms with E-state index < -0.39 is 35.9 Å². The molecule has 1 fully saturated rings. The zero-order chi connectivity index (χ0) is 29.2. The number of carboxylic acids is 1. The van der Waals surface area contributed by atoms with Gasteiger partial charge in [-0.3, -0.25) is 19.7 Å². The number of carbonyl (C=O) groups excluding carboxylic acids is 2. The largest absolute Gasteiger partial charge is 0.479 e. The highest BCUT2D eigenvalue weighted by atomic mass is 79.9. The summed E-state index contributed by atoms with van der Waals surface area (Å²) in [6.07, 6.45) is 0.0459. The SMILES string of the molecule is CCOC(=O)CN=CN=C(N)C1=NC(c2ccc(F)cc2Br)C(C(=O)OCC)=C(CN2CCOC(C(=O)O)C2)N1. The first-order valence-corrected chi connectivity index (χ1v) is 13.2. The minimum absolute atomic E-state index is 0.0676. The van der Waals surface area contributed by atoms with Crippen LogP contribution >= 0.6 is 15.9 Å². The molecule has 1 aromatic carbocycles. The van der Waals surface area contributed by atoms with E-state index in [1.54, 1.807) is 18.7 Å². The fourth-order valence-corrected chi connectivity index (χ4v) is 4.52. The van der Waals surface area contributed by atoms with Crippen molar-refractivity contribution in [2.45, 2.75) is 26.0 Å². The highest BCUT2D eigenvalue weighted by molar-refractivity contribution is 9.10. The van der Waals surface area contributed by atoms with Crippen LogP contribution < -0.4 is 11.1 Å². The molecule has 1 aromatic rings. The predicted octanol–water partition coefficient (Wildman–Crippen LogP) is 1.18. The van der Waals surface area contributed by atoms with Gasteiger partial charge in [-0.1, -0.05) is 22.0 Å². The Morgan fingerprint density at radius 3 is 2.75 bits per heavy atom. The molecule has 0 bridgehead atoms. The van der Waals surface area contributed by atoms with Crippen molar-refractivity contribution in [3.8, 4) is 0 Å². The normalized spacial score (nSPS) is 20.2. The Kier molecular flexibility index (Phi) is 11.3. The highest BCUT2D eigenvalue weighted by Gasteiger charge is 2.35. The molecule has 0 saturated carbocycles. The number of esters is 2. The van der Waals surface area contributed by atoms with Crippen molar-refractivity contribution in [2.75, 3.05) is 46.0 Å². The maximum Gasteiger partial charge on any atom is 0.338 e. The number of carboxylic acid groups (broad SMARTS) is 1. The van der Waals surface area contributed by atoms with E-state index >= 15 is 0 Å². The molecule has 0 aliphatic carbocycles. The zero-order valence-electron chi connectivity index (χ0n) is 21.9. The van der Waals surface area contributed by atoms with Crippen molar-refractivity contribution < 1.29 is 38.1 Å². The third-order valence-electron chi connectivity index (χ3n) is 5.73. The fourth-order valence-electron chi connectivity index (χ4n) is 3.95. The monoisotopic (exact) mass is 624 g/mol. The predicted molar refractivity (Wildman–Crippen MR) is 147 cm³/mol. The van der Waals surface area contributed by atoms with E-state index in [0.717, 1.165) is 6.34 Å². The number of aliphatic imine (C=N–C) groups is 3. The van der Waals surface area contributed by atoms with Gasteiger partial charge in [0.25, 0.3) is 0 Å². The molecule has 4 N–H and O–H groups in total. The lowest BCUT2D eigenvalue weighted by Gasteiger charge is -2.34. The van der Waals surface area contributed by atoms with Crippen LogP contribution in [0.2, 0.25) is 0 Å². The van der Waals surface area contributed by atoms with Crippen LogP contribution in [0, 0.1) is 5.82 Å². The number of rotatable bonds is 11. The van der Waals surface area contributed by atoms with Gasteiger partial charge in [-0.15, -0.1) is 0 Å². The quantitative estimate of drug-likeness (QED) is 0.184. The van der Waals surface area contributed by atoms with Crippen LogP contribution in [0.5, 0.6) is 0 Å². The highest BCUT2D eigenvalue weighted by Crippen LogP contribution is 2.36. The first kappa shape index (κ1) is 30.8. The molecular formula is C25H30BrFN6O7. The number of halogens is 2. The third-order valence-corrected chi connectivity index (χ3v) is 6.42. The first-order valence-electron chi connectivity index (χ1n) is 12.4. The van der Waals surface area contributed by atoms with Gasteiger partial charge in [0.15, 0.2) is 17.8 Å². The van der Waals surface area contributed by atoms with Gasteiger partial charge in [0.2, 0.25) is 0 Å². The van der Waals surface area contributed by atoms with E-state index in [2.05, 4.69) is 36.2 Å². The molecule has 3 rings (SSSR count). The second-order valence-electron chi connectivity index (χ2n) is 8.49. The lowest BCUT2D eigenvalue weighted by atomic mass is 9.95. The van der Waals surface area contributed by atoms with Crippen molar-refractivity contribution in [1.82, 2.24) is 10.2 Å². The maximum atomic E-state index is 13.9. The van der Waals surface area contributed by atoms with E-state index in [4.69, 9.17) is 19.9 Å². The molecule has 2 aliphatic rings. The fraction of sp³-hybridized carbons (Fsp3) is 0.440. The van der Waals surface area contributed by atoms with Gasteiger partial charge >= 0.3 is 17.9 Å². The van der Waals surface area contributed by atoms with Crippen LogP contribution in [0.25, 0.3) is 0 Å². The van der Waals surface area contributed by atoms with Gasteiger partial charge in [-0.05, 0) is 31.5 Å². The molecule has 0 amide bonds. The molecule has 0 radical (unpaired) electrons. The number of nitrogens with zero attached hydrogens (tertiary/aromatic N) is 4. The minimum atomic E-state index is -1.10. The topological polar surface area (TPSA) is 177 Å². The van der Waals surface area contributed by atoms with Gasteiger partial charge in [-0.2, -0.15) is 0 Å². The van der Waals surface area contributed by atoms with Crippen molar-refractivity contribution >= 4 is 51.8 Å². The van der Waals surface area contributed by atoms with Crippen LogP contribution in [0.4, 0.5) is 4.39 Å². The number of ether oxygens (including phenoxy) is 3. The summed E-state index contributed by atoms with van der Waals surface area (Å²) < 4.78 is 29.7. The number of hydrogen-bond donors (Lipinski definition) is 3. The molecule has 0 aromatic heterocycles. The summed E-state index contributed by atoms with van der Waals surface area (Å²) in [5.41, 5.74) is 7.13. The van der Waals surface area contributed by atoms with Crippen molar-refractivity contribution in [1.29, 1.82) is 0 Å². The summed E-state index contributed by atoms with van der Waals surface area (Å²) >= 11 is 3.35. The van der Waals surface area contributed by atoms with Crippen molar-refractivity contribution in [3.63, 3.8) is 0 Å². The Morgan fingerprint density at radius 1 is 1.32 bits per heavy atom. The van der Waals surface area contributed by atoms with Crippen LogP contribution in [-0.4, -0.2) is 98.0 Å². The Labute approximate surface area is 238 Å². The maximum absolute atomic E-state index is 13.9. The molecule has 0 spiro atoms. The van der Waals surface area contributed by atoms with E-state index in [-0.39, 0.29) is 56.7 Å². The Bertz CT molecular complexity index is 1250. The van der Waals surface area contributed by atoms with E-state index in [9.17, 15) is 23.9 Å². The van der Waals surface area contributed by atoms with Gasteiger partial charge in [0.1, 0.15) is 24.7 Å². The number of benzene rings is 1. The minimum Gasteiger partial charge on any atom is -0.479 e. The van der Waals surface area contributed by atoms with E-state index in [1.165, 1.54) is 18.2 Å². The van der Waals surface area contributed by atoms with Crippen LogP contribution in [0.1, 0.15) is 25.5 Å². The molecular weight excluding hydrogens is 595 g/mol. The van der Waals surface area contributed by atoms with Gasteiger partial charge in [0.05, 0.1) is 25.4 Å². The Balaban J connectivity index is 2.03. The number of nitrogens with two attached hydrogens (primary N) is 1. The van der Waals surface area contributed by atoms with Crippen molar-refractivity contribution in [2.24, 2.45) is 20.7 Å². The molecule has 13 nitrogen and oxygen atoms in total. The number of hydrogen-bond acceptors (Lipinski definition) is 10. The molecule has 15 heteroatoms. The Morgan fingerprint density at radius 2 is 2.08 bits per heavy atom. The number of morpholine rings is 1. The summed E-state index contributed by atoms with van der Waals surface area (Å²) in [6, 6.07) is 2.98. The molecule has 2 atom stereocenters. The third kappa shape index (κ3) is 8.16. The number of carbonyl (C=O) groups is 3. The second-order valence-corrected chi connectivity index (χ2v) is 9.35. The van der Waals surface area contributed by atoms with Gasteiger partial charge in [0, 0.05) is 29.8 Å². The molecule has 1 saturated heterocycles. The molecule has 2 aliphatic heterocycles. The van der Waals surface area contributed by atoms with Gasteiger partial charge in [-0.25, -0.2) is 19.0 Å². The second kappa shape index (κ2) is 14.6. The zero-order valence-corrected chi connectivity index (χ0v) is 23.5. The number of aliphatic carboxylic acids is 1. The summed E-state index contributed by atoms with van der Waals surface area (Å²) in [6.45, 7) is 4.12. The molecule has 40 heavy (non-hydrogen) atoms. The number of nitrogens with one attached hydrogen (secondary N) is 1. The smallest absolute Gasteiger partial charge is 0.338 e. The molecule has 2 unspecified atom stereocenters. The van der Waals surface area contributed by atoms with Crippen LogP contribution in [0.15, 0.2) is 48.9 Å². The lowest BCUT2D eigenvalue weighted by molar-refractivity contribution is -0.155. The first-order chi connectivity index (χ1) is 19.1. The van der Waals surface area contributed by atoms with Crippen molar-refractivity contribution in [3.05, 3.63) is 45.3 Å². The molecule has 2 heterocycles. The summed E-state index contributed by atoms with van der Waals surface area (Å²) in [7, 11) is 0. The standard InChI is InChI=1S/C25H30BrFN6O7/c1-3-38-19(34)10-29-13-30-22(28)23-31-17(11-33-7-8-40-18(12-33)24(35)36)20(25(37)39-4-2)21(32-23)15-6-5-14(27)9-16(15)26/h5-6,9,13,18,21H,3-4,7-8,10-12H2,1-2H3,(H,31,32)(H,35,36)(H2,28,29,30). The van der Waals surface area contributed by atoms with Crippen LogP contribution in [-0.2, 0) is 28.6 Å². The summed E-state index contributed by atoms with van der Waals surface area (Å²) in [5, 5.41) is 12.5. The Hall–Kier alpha value is -3.69. The molecule has 216 valence electrons. The average Bonchev–Trinajstić information content (AvgIpc) is 2.91.